The van der Waals surface area contributed by atoms with Crippen molar-refractivity contribution in [3.8, 4) is 0 Å². The van der Waals surface area contributed by atoms with Crippen LogP contribution in [-0.2, 0) is 4.79 Å². The van der Waals surface area contributed by atoms with Gasteiger partial charge in [0.2, 0.25) is 5.91 Å². The van der Waals surface area contributed by atoms with E-state index in [0.717, 1.165) is 18.6 Å². The Kier molecular flexibility index (Phi) is 4.06. The standard InChI is InChI=1S/C11H12F2N2O.ClH/c12-8-3-2-7(6-9(8)13)15-10(16)11(14)4-1-5-11;/h2-3,6H,1,4-5,14H2,(H,15,16);1H. The quantitative estimate of drug-likeness (QED) is 0.859. The zero-order valence-corrected chi connectivity index (χ0v) is 9.82. The molecule has 3 N–H and O–H groups in total. The van der Waals surface area contributed by atoms with Gasteiger partial charge in [-0.3, -0.25) is 4.79 Å². The molecule has 6 heteroatoms. The van der Waals surface area contributed by atoms with Crippen LogP contribution in [0.1, 0.15) is 19.3 Å². The summed E-state index contributed by atoms with van der Waals surface area (Å²) >= 11 is 0. The first-order chi connectivity index (χ1) is 7.51. The number of hydrogen-bond donors (Lipinski definition) is 2. The van der Waals surface area contributed by atoms with Gasteiger partial charge >= 0.3 is 0 Å². The fourth-order valence-corrected chi connectivity index (χ4v) is 1.61. The molecule has 17 heavy (non-hydrogen) atoms. The maximum absolute atomic E-state index is 12.9. The second-order valence-electron chi connectivity index (χ2n) is 4.09. The smallest absolute Gasteiger partial charge is 0.244 e. The molecular weight excluding hydrogens is 250 g/mol. The molecule has 0 aromatic heterocycles. The number of benzene rings is 1. The normalized spacial score (nSPS) is 16.6. The Bertz CT molecular complexity index is 435. The first-order valence-electron chi connectivity index (χ1n) is 5.07. The van der Waals surface area contributed by atoms with Crippen LogP contribution in [0.2, 0.25) is 0 Å². The Labute approximate surface area is 104 Å². The van der Waals surface area contributed by atoms with Crippen LogP contribution in [0, 0.1) is 11.6 Å². The highest BCUT2D eigenvalue weighted by molar-refractivity contribution is 5.98. The number of halogens is 3. The van der Waals surface area contributed by atoms with E-state index < -0.39 is 17.2 Å². The zero-order valence-electron chi connectivity index (χ0n) is 9.00. The van der Waals surface area contributed by atoms with Crippen molar-refractivity contribution in [3.63, 3.8) is 0 Å². The van der Waals surface area contributed by atoms with Crippen molar-refractivity contribution in [1.82, 2.24) is 0 Å². The predicted molar refractivity (Wildman–Crippen MR) is 63.0 cm³/mol. The maximum Gasteiger partial charge on any atom is 0.244 e. The molecule has 1 aromatic rings. The molecule has 0 atom stereocenters. The van der Waals surface area contributed by atoms with Gasteiger partial charge in [-0.15, -0.1) is 12.4 Å². The van der Waals surface area contributed by atoms with E-state index in [2.05, 4.69) is 5.32 Å². The van der Waals surface area contributed by atoms with Crippen LogP contribution in [0.15, 0.2) is 18.2 Å². The number of anilines is 1. The molecule has 0 unspecified atom stereocenters. The number of hydrogen-bond acceptors (Lipinski definition) is 2. The molecule has 1 saturated carbocycles. The fraction of sp³-hybridized carbons (Fsp3) is 0.364. The van der Waals surface area contributed by atoms with Gasteiger partial charge in [0.15, 0.2) is 11.6 Å². The molecule has 3 nitrogen and oxygen atoms in total. The topological polar surface area (TPSA) is 55.1 Å². The summed E-state index contributed by atoms with van der Waals surface area (Å²) in [5, 5.41) is 2.48. The molecule has 0 aliphatic heterocycles. The number of carbonyl (C=O) groups is 1. The highest BCUT2D eigenvalue weighted by Gasteiger charge is 2.40. The van der Waals surface area contributed by atoms with Crippen LogP contribution in [0.4, 0.5) is 14.5 Å². The monoisotopic (exact) mass is 262 g/mol. The summed E-state index contributed by atoms with van der Waals surface area (Å²) in [6, 6.07) is 3.21. The van der Waals surface area contributed by atoms with Crippen molar-refractivity contribution < 1.29 is 13.6 Å². The van der Waals surface area contributed by atoms with Gasteiger partial charge in [-0.25, -0.2) is 8.78 Å². The second kappa shape index (κ2) is 4.98. The van der Waals surface area contributed by atoms with E-state index in [1.807, 2.05) is 0 Å². The van der Waals surface area contributed by atoms with Crippen molar-refractivity contribution >= 4 is 24.0 Å². The first-order valence-corrected chi connectivity index (χ1v) is 5.07. The highest BCUT2D eigenvalue weighted by atomic mass is 35.5. The summed E-state index contributed by atoms with van der Waals surface area (Å²) in [6.45, 7) is 0. The molecule has 1 aromatic carbocycles. The van der Waals surface area contributed by atoms with Gasteiger partial charge in [0, 0.05) is 11.8 Å². The van der Waals surface area contributed by atoms with Crippen LogP contribution in [-0.4, -0.2) is 11.4 Å². The molecular formula is C11H13ClF2N2O. The van der Waals surface area contributed by atoms with Crippen molar-refractivity contribution in [2.75, 3.05) is 5.32 Å². The van der Waals surface area contributed by atoms with Gasteiger partial charge in [0.05, 0.1) is 5.54 Å². The van der Waals surface area contributed by atoms with E-state index in [0.29, 0.717) is 12.8 Å². The van der Waals surface area contributed by atoms with E-state index in [9.17, 15) is 13.6 Å². The molecule has 1 fully saturated rings. The number of rotatable bonds is 2. The van der Waals surface area contributed by atoms with Gasteiger partial charge in [-0.05, 0) is 31.4 Å². The first kappa shape index (κ1) is 13.9. The molecule has 0 spiro atoms. The molecule has 0 saturated heterocycles. The van der Waals surface area contributed by atoms with Crippen molar-refractivity contribution in [3.05, 3.63) is 29.8 Å². The minimum atomic E-state index is -0.988. The molecule has 1 amide bonds. The van der Waals surface area contributed by atoms with Crippen LogP contribution in [0.25, 0.3) is 0 Å². The number of amides is 1. The summed E-state index contributed by atoms with van der Waals surface area (Å²) in [5.74, 6) is -2.27. The van der Waals surface area contributed by atoms with Gasteiger partial charge in [0.25, 0.3) is 0 Å². The SMILES string of the molecule is Cl.NC1(C(=O)Nc2ccc(F)c(F)c2)CCC1. The predicted octanol–water partition coefficient (Wildman–Crippen LogP) is 2.21. The Morgan fingerprint density at radius 3 is 2.41 bits per heavy atom. The van der Waals surface area contributed by atoms with Gasteiger partial charge in [0.1, 0.15) is 0 Å². The third-order valence-electron chi connectivity index (χ3n) is 2.88. The van der Waals surface area contributed by atoms with Crippen LogP contribution in [0.5, 0.6) is 0 Å². The minimum Gasteiger partial charge on any atom is -0.324 e. The molecule has 2 rings (SSSR count). The van der Waals surface area contributed by atoms with E-state index in [1.54, 1.807) is 0 Å². The van der Waals surface area contributed by atoms with Crippen LogP contribution < -0.4 is 11.1 Å². The average Bonchev–Trinajstić information content (AvgIpc) is 2.20. The summed E-state index contributed by atoms with van der Waals surface area (Å²) in [7, 11) is 0. The molecule has 1 aliphatic carbocycles. The Morgan fingerprint density at radius 1 is 1.29 bits per heavy atom. The highest BCUT2D eigenvalue weighted by Crippen LogP contribution is 2.30. The van der Waals surface area contributed by atoms with Gasteiger partial charge < -0.3 is 11.1 Å². The lowest BCUT2D eigenvalue weighted by Crippen LogP contribution is -2.56. The Hall–Kier alpha value is -1.20. The lowest BCUT2D eigenvalue weighted by atomic mass is 9.77. The summed E-state index contributed by atoms with van der Waals surface area (Å²) < 4.78 is 25.5. The van der Waals surface area contributed by atoms with Crippen molar-refractivity contribution in [2.45, 2.75) is 24.8 Å². The van der Waals surface area contributed by atoms with E-state index in [-0.39, 0.29) is 24.0 Å². The number of nitrogens with one attached hydrogen (secondary N) is 1. The van der Waals surface area contributed by atoms with E-state index in [1.165, 1.54) is 6.07 Å². The van der Waals surface area contributed by atoms with E-state index >= 15 is 0 Å². The third kappa shape index (κ3) is 2.73. The molecule has 0 heterocycles. The lowest BCUT2D eigenvalue weighted by molar-refractivity contribution is -0.123. The summed E-state index contributed by atoms with van der Waals surface area (Å²) in [5.41, 5.74) is 5.16. The minimum absolute atomic E-state index is 0. The zero-order chi connectivity index (χ0) is 11.8. The average molecular weight is 263 g/mol. The Morgan fingerprint density at radius 2 is 1.94 bits per heavy atom. The largest absolute Gasteiger partial charge is 0.324 e. The maximum atomic E-state index is 12.9. The van der Waals surface area contributed by atoms with Crippen molar-refractivity contribution in [1.29, 1.82) is 0 Å². The molecule has 0 radical (unpaired) electrons. The van der Waals surface area contributed by atoms with Crippen molar-refractivity contribution in [2.24, 2.45) is 5.73 Å². The fourth-order valence-electron chi connectivity index (χ4n) is 1.61. The van der Waals surface area contributed by atoms with Crippen LogP contribution in [0.3, 0.4) is 0 Å². The summed E-state index contributed by atoms with van der Waals surface area (Å²) in [4.78, 5) is 11.7. The second-order valence-corrected chi connectivity index (χ2v) is 4.09. The van der Waals surface area contributed by atoms with E-state index in [4.69, 9.17) is 5.73 Å². The summed E-state index contributed by atoms with van der Waals surface area (Å²) in [6.07, 6.45) is 2.17. The van der Waals surface area contributed by atoms with Gasteiger partial charge in [-0.1, -0.05) is 0 Å². The number of carbonyl (C=O) groups excluding carboxylic acids is 1. The Balaban J connectivity index is 0.00000144. The molecule has 94 valence electrons. The van der Waals surface area contributed by atoms with Crippen LogP contribution >= 0.6 is 12.4 Å². The third-order valence-corrected chi connectivity index (χ3v) is 2.88. The molecule has 0 bridgehead atoms. The lowest BCUT2D eigenvalue weighted by Gasteiger charge is -2.36. The number of nitrogens with two attached hydrogens (primary N) is 1. The molecule has 1 aliphatic rings. The van der Waals surface area contributed by atoms with Gasteiger partial charge in [-0.2, -0.15) is 0 Å².